The van der Waals surface area contributed by atoms with Crippen LogP contribution in [0.3, 0.4) is 0 Å². The number of anilines is 2. The number of primary amides is 1. The van der Waals surface area contributed by atoms with E-state index in [0.717, 1.165) is 17.3 Å². The van der Waals surface area contributed by atoms with Gasteiger partial charge in [-0.05, 0) is 43.7 Å². The van der Waals surface area contributed by atoms with E-state index in [9.17, 15) is 14.0 Å². The fraction of sp³-hybridized carbons (Fsp3) is 0.227. The maximum Gasteiger partial charge on any atom is 0.256 e. The van der Waals surface area contributed by atoms with Gasteiger partial charge in [0.15, 0.2) is 0 Å². The van der Waals surface area contributed by atoms with Crippen LogP contribution < -0.4 is 21.3 Å². The molecule has 2 aromatic heterocycles. The predicted molar refractivity (Wildman–Crippen MR) is 115 cm³/mol. The van der Waals surface area contributed by atoms with E-state index in [0.29, 0.717) is 5.75 Å². The molecule has 1 amide bonds. The molecule has 2 heterocycles. The van der Waals surface area contributed by atoms with Gasteiger partial charge < -0.3 is 15.8 Å². The van der Waals surface area contributed by atoms with E-state index in [2.05, 4.69) is 10.3 Å². The molecule has 0 spiro atoms. The molecule has 0 radical (unpaired) electrons. The van der Waals surface area contributed by atoms with Crippen LogP contribution in [0.25, 0.3) is 0 Å². The van der Waals surface area contributed by atoms with E-state index in [1.807, 2.05) is 20.8 Å². The first-order valence-corrected chi connectivity index (χ1v) is 9.44. The largest absolute Gasteiger partial charge is 0.455 e. The number of pyridine rings is 2. The van der Waals surface area contributed by atoms with E-state index in [1.54, 1.807) is 25.1 Å². The number of nitrogens with one attached hydrogen (secondary N) is 1. The summed E-state index contributed by atoms with van der Waals surface area (Å²) in [7, 11) is 1.44. The van der Waals surface area contributed by atoms with Gasteiger partial charge in [-0.1, -0.05) is 19.9 Å². The third-order valence-corrected chi connectivity index (χ3v) is 4.14. The Labute approximate surface area is 174 Å². The van der Waals surface area contributed by atoms with Crippen LogP contribution >= 0.6 is 0 Å². The van der Waals surface area contributed by atoms with Crippen molar-refractivity contribution in [3.8, 4) is 11.5 Å². The molecule has 3 aromatic rings. The Hall–Kier alpha value is -3.68. The standard InChI is InChI=1S/C20H19FN4O3.C2H6/c1-11-4-7-15(14(21)8-11)24-20-18(19(22)27)16(9-17(26)25(20)3)28-13-6-5-12(2)23-10-13;1-2/h4-10,24H,1-3H3,(H2,22,27);1-2H3. The summed E-state index contributed by atoms with van der Waals surface area (Å²) >= 11 is 0. The number of ether oxygens (including phenoxy) is 1. The monoisotopic (exact) mass is 412 g/mol. The van der Waals surface area contributed by atoms with Crippen LogP contribution in [0, 0.1) is 19.7 Å². The highest BCUT2D eigenvalue weighted by molar-refractivity contribution is 6.01. The van der Waals surface area contributed by atoms with Crippen LogP contribution in [0.5, 0.6) is 11.5 Å². The predicted octanol–water partition coefficient (Wildman–Crippen LogP) is 4.20. The summed E-state index contributed by atoms with van der Waals surface area (Å²) in [4.78, 5) is 28.7. The Morgan fingerprint density at radius 1 is 1.17 bits per heavy atom. The van der Waals surface area contributed by atoms with Gasteiger partial charge in [-0.2, -0.15) is 0 Å². The van der Waals surface area contributed by atoms with Crippen LogP contribution in [0.2, 0.25) is 0 Å². The lowest BCUT2D eigenvalue weighted by Crippen LogP contribution is -2.25. The maximum atomic E-state index is 14.3. The number of halogens is 1. The van der Waals surface area contributed by atoms with Gasteiger partial charge in [-0.3, -0.25) is 19.1 Å². The van der Waals surface area contributed by atoms with Crippen molar-refractivity contribution in [3.63, 3.8) is 0 Å². The first kappa shape index (κ1) is 22.6. The third kappa shape index (κ3) is 5.02. The molecule has 7 nitrogen and oxygen atoms in total. The summed E-state index contributed by atoms with van der Waals surface area (Å²) in [6, 6.07) is 9.07. The van der Waals surface area contributed by atoms with E-state index in [1.165, 1.54) is 29.9 Å². The number of carbonyl (C=O) groups excluding carboxylic acids is 1. The van der Waals surface area contributed by atoms with Crippen LogP contribution in [0.1, 0.15) is 35.5 Å². The summed E-state index contributed by atoms with van der Waals surface area (Å²) in [6.07, 6.45) is 1.46. The SMILES string of the molecule is CC.Cc1ccc(Nc2c(C(N)=O)c(Oc3ccc(C)nc3)cc(=O)n2C)c(F)c1. The average Bonchev–Trinajstić information content (AvgIpc) is 2.70. The summed E-state index contributed by atoms with van der Waals surface area (Å²) in [5, 5.41) is 2.79. The van der Waals surface area contributed by atoms with Crippen LogP contribution in [-0.2, 0) is 7.05 Å². The van der Waals surface area contributed by atoms with Gasteiger partial charge in [0.1, 0.15) is 28.7 Å². The zero-order chi connectivity index (χ0) is 22.4. The molecule has 0 atom stereocenters. The zero-order valence-corrected chi connectivity index (χ0v) is 17.6. The van der Waals surface area contributed by atoms with Crippen LogP contribution in [0.4, 0.5) is 15.9 Å². The topological polar surface area (TPSA) is 99.2 Å². The molecule has 158 valence electrons. The minimum atomic E-state index is -0.833. The van der Waals surface area contributed by atoms with Crippen LogP contribution in [-0.4, -0.2) is 15.5 Å². The second-order valence-electron chi connectivity index (χ2n) is 6.34. The molecule has 8 heteroatoms. The normalized spacial score (nSPS) is 10.1. The number of amides is 1. The summed E-state index contributed by atoms with van der Waals surface area (Å²) in [5.74, 6) is -1.06. The maximum absolute atomic E-state index is 14.3. The fourth-order valence-electron chi connectivity index (χ4n) is 2.63. The second-order valence-corrected chi connectivity index (χ2v) is 6.34. The highest BCUT2D eigenvalue weighted by atomic mass is 19.1. The number of rotatable bonds is 5. The Balaban J connectivity index is 0.00000155. The molecule has 0 bridgehead atoms. The molecule has 0 unspecified atom stereocenters. The first-order valence-electron chi connectivity index (χ1n) is 9.44. The minimum Gasteiger partial charge on any atom is -0.455 e. The number of hydrogen-bond donors (Lipinski definition) is 2. The van der Waals surface area contributed by atoms with Crippen molar-refractivity contribution in [1.29, 1.82) is 0 Å². The number of nitrogens with zero attached hydrogens (tertiary/aromatic N) is 2. The Morgan fingerprint density at radius 2 is 1.87 bits per heavy atom. The second kappa shape index (κ2) is 9.69. The molecule has 3 N–H and O–H groups in total. The van der Waals surface area contributed by atoms with Crippen molar-refractivity contribution in [3.05, 3.63) is 75.6 Å². The summed E-state index contributed by atoms with van der Waals surface area (Å²) < 4.78 is 21.1. The third-order valence-electron chi connectivity index (χ3n) is 4.14. The van der Waals surface area contributed by atoms with Crippen molar-refractivity contribution in [2.24, 2.45) is 12.8 Å². The molecule has 1 aromatic carbocycles. The number of nitrogens with two attached hydrogens (primary N) is 1. The lowest BCUT2D eigenvalue weighted by molar-refractivity contribution is 0.0998. The number of benzene rings is 1. The minimum absolute atomic E-state index is 0.0258. The van der Waals surface area contributed by atoms with E-state index < -0.39 is 17.3 Å². The number of aromatic nitrogens is 2. The Morgan fingerprint density at radius 3 is 2.43 bits per heavy atom. The molecule has 0 saturated carbocycles. The van der Waals surface area contributed by atoms with Gasteiger partial charge in [0.25, 0.3) is 11.5 Å². The molecule has 0 aliphatic carbocycles. The fourth-order valence-corrected chi connectivity index (χ4v) is 2.63. The van der Waals surface area contributed by atoms with Crippen LogP contribution in [0.15, 0.2) is 47.4 Å². The van der Waals surface area contributed by atoms with Crippen molar-refractivity contribution >= 4 is 17.4 Å². The van der Waals surface area contributed by atoms with Gasteiger partial charge in [0.2, 0.25) is 0 Å². The highest BCUT2D eigenvalue weighted by Gasteiger charge is 2.21. The molecular formula is C22H25FN4O3. The zero-order valence-electron chi connectivity index (χ0n) is 17.6. The van der Waals surface area contributed by atoms with Crippen molar-refractivity contribution < 1.29 is 13.9 Å². The lowest BCUT2D eigenvalue weighted by atomic mass is 10.2. The molecule has 0 saturated heterocycles. The van der Waals surface area contributed by atoms with Gasteiger partial charge in [-0.25, -0.2) is 4.39 Å². The molecule has 3 rings (SSSR count). The van der Waals surface area contributed by atoms with Crippen molar-refractivity contribution in [2.45, 2.75) is 27.7 Å². The number of aryl methyl sites for hydroxylation is 2. The van der Waals surface area contributed by atoms with E-state index in [4.69, 9.17) is 10.5 Å². The highest BCUT2D eigenvalue weighted by Crippen LogP contribution is 2.31. The lowest BCUT2D eigenvalue weighted by Gasteiger charge is -2.18. The van der Waals surface area contributed by atoms with E-state index >= 15 is 0 Å². The van der Waals surface area contributed by atoms with Crippen molar-refractivity contribution in [2.75, 3.05) is 5.32 Å². The quantitative estimate of drug-likeness (QED) is 0.654. The van der Waals surface area contributed by atoms with Gasteiger partial charge in [0.05, 0.1) is 11.9 Å². The van der Waals surface area contributed by atoms with Gasteiger partial charge in [0, 0.05) is 18.8 Å². The molecular weight excluding hydrogens is 387 g/mol. The average molecular weight is 412 g/mol. The number of carbonyl (C=O) groups is 1. The summed E-state index contributed by atoms with van der Waals surface area (Å²) in [6.45, 7) is 7.57. The first-order chi connectivity index (χ1) is 14.3. The van der Waals surface area contributed by atoms with Crippen molar-refractivity contribution in [1.82, 2.24) is 9.55 Å². The Bertz CT molecular complexity index is 1110. The molecule has 0 aliphatic heterocycles. The molecule has 30 heavy (non-hydrogen) atoms. The van der Waals surface area contributed by atoms with E-state index in [-0.39, 0.29) is 22.8 Å². The smallest absolute Gasteiger partial charge is 0.256 e. The van der Waals surface area contributed by atoms with Gasteiger partial charge >= 0.3 is 0 Å². The Kier molecular flexibility index (Phi) is 7.30. The summed E-state index contributed by atoms with van der Waals surface area (Å²) in [5.41, 5.74) is 6.61. The number of hydrogen-bond acceptors (Lipinski definition) is 5. The van der Waals surface area contributed by atoms with Gasteiger partial charge in [-0.15, -0.1) is 0 Å². The molecule has 0 fully saturated rings. The molecule has 0 aliphatic rings.